The molecule has 2 nitrogen and oxygen atoms in total. The van der Waals surface area contributed by atoms with Gasteiger partial charge in [0.05, 0.1) is 0 Å². The fraction of sp³-hybridized carbons (Fsp3) is 0.562. The Kier molecular flexibility index (Phi) is 3.21. The Bertz CT molecular complexity index is 454. The Morgan fingerprint density at radius 2 is 1.94 bits per heavy atom. The van der Waals surface area contributed by atoms with Gasteiger partial charge in [0.1, 0.15) is 5.78 Å². The fourth-order valence-corrected chi connectivity index (χ4v) is 3.37. The smallest absolute Gasteiger partial charge is 0.138 e. The standard InChI is InChI=1S/C16H21NO/c1-12-11-17(9-8-16(12)18)15-7-6-13-4-2-3-5-14(13)10-15/h2-5,12,15H,6-11H2,1H3. The van der Waals surface area contributed by atoms with E-state index in [2.05, 4.69) is 36.1 Å². The van der Waals surface area contributed by atoms with Crippen molar-refractivity contribution < 1.29 is 4.79 Å². The third-order valence-corrected chi connectivity index (χ3v) is 4.54. The summed E-state index contributed by atoms with van der Waals surface area (Å²) in [5.74, 6) is 0.679. The van der Waals surface area contributed by atoms with E-state index in [1.807, 2.05) is 0 Å². The van der Waals surface area contributed by atoms with Crippen LogP contribution in [0.1, 0.15) is 30.9 Å². The zero-order valence-corrected chi connectivity index (χ0v) is 11.1. The lowest BCUT2D eigenvalue weighted by molar-refractivity contribution is -0.126. The summed E-state index contributed by atoms with van der Waals surface area (Å²) in [6.45, 7) is 4.01. The third-order valence-electron chi connectivity index (χ3n) is 4.54. The minimum atomic E-state index is 0.232. The van der Waals surface area contributed by atoms with Crippen molar-refractivity contribution in [3.63, 3.8) is 0 Å². The minimum Gasteiger partial charge on any atom is -0.299 e. The van der Waals surface area contributed by atoms with Crippen molar-refractivity contribution in [2.45, 2.75) is 38.6 Å². The molecule has 0 bridgehead atoms. The highest BCUT2D eigenvalue weighted by molar-refractivity contribution is 5.81. The van der Waals surface area contributed by atoms with E-state index in [0.717, 1.165) is 25.9 Å². The summed E-state index contributed by atoms with van der Waals surface area (Å²) in [6, 6.07) is 9.45. The molecule has 2 aliphatic rings. The van der Waals surface area contributed by atoms with Crippen LogP contribution in [0, 0.1) is 5.92 Å². The summed E-state index contributed by atoms with van der Waals surface area (Å²) in [5, 5.41) is 0. The molecule has 0 radical (unpaired) electrons. The molecule has 18 heavy (non-hydrogen) atoms. The molecule has 0 spiro atoms. The Morgan fingerprint density at radius 1 is 1.17 bits per heavy atom. The van der Waals surface area contributed by atoms with Gasteiger partial charge in [0.25, 0.3) is 0 Å². The molecule has 1 aromatic rings. The second kappa shape index (κ2) is 4.85. The Morgan fingerprint density at radius 3 is 2.72 bits per heavy atom. The largest absolute Gasteiger partial charge is 0.299 e. The van der Waals surface area contributed by atoms with Crippen LogP contribution in [0.4, 0.5) is 0 Å². The summed E-state index contributed by atoms with van der Waals surface area (Å²) < 4.78 is 0. The van der Waals surface area contributed by atoms with Crippen molar-refractivity contribution >= 4 is 5.78 Å². The number of aryl methyl sites for hydroxylation is 1. The average Bonchev–Trinajstić information content (AvgIpc) is 2.41. The van der Waals surface area contributed by atoms with E-state index in [1.165, 1.54) is 24.0 Å². The predicted octanol–water partition coefficient (Wildman–Crippen LogP) is 2.45. The first-order valence-corrected chi connectivity index (χ1v) is 7.07. The quantitative estimate of drug-likeness (QED) is 0.755. The van der Waals surface area contributed by atoms with E-state index in [-0.39, 0.29) is 5.92 Å². The van der Waals surface area contributed by atoms with Gasteiger partial charge < -0.3 is 0 Å². The molecule has 0 amide bonds. The van der Waals surface area contributed by atoms with Crippen LogP contribution >= 0.6 is 0 Å². The number of hydrogen-bond acceptors (Lipinski definition) is 2. The predicted molar refractivity (Wildman–Crippen MR) is 72.6 cm³/mol. The topological polar surface area (TPSA) is 20.3 Å². The highest BCUT2D eigenvalue weighted by Crippen LogP contribution is 2.26. The number of hydrogen-bond donors (Lipinski definition) is 0. The number of piperidine rings is 1. The van der Waals surface area contributed by atoms with E-state index >= 15 is 0 Å². The normalized spacial score (nSPS) is 29.1. The maximum atomic E-state index is 11.6. The summed E-state index contributed by atoms with van der Waals surface area (Å²) in [7, 11) is 0. The molecule has 1 heterocycles. The van der Waals surface area contributed by atoms with Gasteiger partial charge in [-0.15, -0.1) is 0 Å². The van der Waals surface area contributed by atoms with Crippen LogP contribution in [-0.4, -0.2) is 29.8 Å². The van der Waals surface area contributed by atoms with Crippen molar-refractivity contribution in [2.24, 2.45) is 5.92 Å². The maximum Gasteiger partial charge on any atom is 0.138 e. The van der Waals surface area contributed by atoms with Gasteiger partial charge in [0.2, 0.25) is 0 Å². The van der Waals surface area contributed by atoms with E-state index in [1.54, 1.807) is 0 Å². The molecule has 1 aromatic carbocycles. The van der Waals surface area contributed by atoms with Crippen molar-refractivity contribution in [2.75, 3.05) is 13.1 Å². The number of rotatable bonds is 1. The molecule has 0 aromatic heterocycles. The monoisotopic (exact) mass is 243 g/mol. The third kappa shape index (κ3) is 2.22. The van der Waals surface area contributed by atoms with E-state index in [4.69, 9.17) is 0 Å². The van der Waals surface area contributed by atoms with Gasteiger partial charge in [0, 0.05) is 31.5 Å². The second-order valence-corrected chi connectivity index (χ2v) is 5.78. The fourth-order valence-electron chi connectivity index (χ4n) is 3.37. The molecule has 1 aliphatic carbocycles. The van der Waals surface area contributed by atoms with Crippen LogP contribution in [0.3, 0.4) is 0 Å². The van der Waals surface area contributed by atoms with Gasteiger partial charge in [0.15, 0.2) is 0 Å². The van der Waals surface area contributed by atoms with Gasteiger partial charge in [-0.25, -0.2) is 0 Å². The summed E-state index contributed by atoms with van der Waals surface area (Å²) >= 11 is 0. The molecular formula is C16H21NO. The number of benzene rings is 1. The lowest BCUT2D eigenvalue weighted by Gasteiger charge is -2.39. The highest BCUT2D eigenvalue weighted by Gasteiger charge is 2.30. The first-order valence-electron chi connectivity index (χ1n) is 7.07. The van der Waals surface area contributed by atoms with Gasteiger partial charge in [-0.3, -0.25) is 9.69 Å². The second-order valence-electron chi connectivity index (χ2n) is 5.78. The molecule has 3 rings (SSSR count). The number of carbonyl (C=O) groups excluding carboxylic acids is 1. The number of Topliss-reactive ketones (excluding diaryl/α,β-unsaturated/α-hetero) is 1. The number of carbonyl (C=O) groups is 1. The lowest BCUT2D eigenvalue weighted by Crippen LogP contribution is -2.47. The number of ketones is 1. The first kappa shape index (κ1) is 11.9. The lowest BCUT2D eigenvalue weighted by atomic mass is 9.86. The Hall–Kier alpha value is -1.15. The van der Waals surface area contributed by atoms with Gasteiger partial charge in [-0.2, -0.15) is 0 Å². The van der Waals surface area contributed by atoms with Crippen LogP contribution in [0.5, 0.6) is 0 Å². The molecule has 0 N–H and O–H groups in total. The summed E-state index contributed by atoms with van der Waals surface area (Å²) in [5.41, 5.74) is 3.04. The number of fused-ring (bicyclic) bond motifs is 1. The van der Waals surface area contributed by atoms with Crippen molar-refractivity contribution in [1.82, 2.24) is 4.90 Å². The molecular weight excluding hydrogens is 222 g/mol. The molecule has 96 valence electrons. The van der Waals surface area contributed by atoms with Crippen LogP contribution in [0.25, 0.3) is 0 Å². The van der Waals surface area contributed by atoms with Gasteiger partial charge >= 0.3 is 0 Å². The summed E-state index contributed by atoms with van der Waals surface area (Å²) in [4.78, 5) is 14.1. The number of likely N-dealkylation sites (tertiary alicyclic amines) is 1. The minimum absolute atomic E-state index is 0.232. The van der Waals surface area contributed by atoms with Crippen molar-refractivity contribution in [3.05, 3.63) is 35.4 Å². The Balaban J connectivity index is 1.71. The van der Waals surface area contributed by atoms with Crippen molar-refractivity contribution in [3.8, 4) is 0 Å². The molecule has 2 heteroatoms. The maximum absolute atomic E-state index is 11.6. The van der Waals surface area contributed by atoms with Crippen LogP contribution in [0.15, 0.2) is 24.3 Å². The molecule has 1 aliphatic heterocycles. The zero-order valence-electron chi connectivity index (χ0n) is 11.1. The van der Waals surface area contributed by atoms with Crippen LogP contribution < -0.4 is 0 Å². The SMILES string of the molecule is CC1CN(C2CCc3ccccc3C2)CCC1=O. The molecule has 0 saturated carbocycles. The molecule has 2 unspecified atom stereocenters. The summed E-state index contributed by atoms with van der Waals surface area (Å²) in [6.07, 6.45) is 4.36. The molecule has 1 saturated heterocycles. The first-order chi connectivity index (χ1) is 8.74. The van der Waals surface area contributed by atoms with E-state index in [9.17, 15) is 4.79 Å². The molecule has 1 fully saturated rings. The zero-order chi connectivity index (χ0) is 12.5. The van der Waals surface area contributed by atoms with Crippen LogP contribution in [-0.2, 0) is 17.6 Å². The van der Waals surface area contributed by atoms with E-state index in [0.29, 0.717) is 11.8 Å². The van der Waals surface area contributed by atoms with E-state index < -0.39 is 0 Å². The van der Waals surface area contributed by atoms with Gasteiger partial charge in [-0.05, 0) is 30.4 Å². The van der Waals surface area contributed by atoms with Crippen LogP contribution in [0.2, 0.25) is 0 Å². The van der Waals surface area contributed by atoms with Gasteiger partial charge in [-0.1, -0.05) is 31.2 Å². The average molecular weight is 243 g/mol. The highest BCUT2D eigenvalue weighted by atomic mass is 16.1. The number of nitrogens with zero attached hydrogens (tertiary/aromatic N) is 1. The molecule has 2 atom stereocenters. The van der Waals surface area contributed by atoms with Crippen molar-refractivity contribution in [1.29, 1.82) is 0 Å². The Labute approximate surface area is 109 Å².